The van der Waals surface area contributed by atoms with E-state index in [1.54, 1.807) is 6.07 Å². The van der Waals surface area contributed by atoms with Crippen molar-refractivity contribution in [2.45, 2.75) is 68.8 Å². The largest absolute Gasteiger partial charge is 0.472 e. The number of halogens is 2. The van der Waals surface area contributed by atoms with Crippen molar-refractivity contribution in [2.75, 3.05) is 31.1 Å². The molecule has 2 aromatic heterocycles. The smallest absolute Gasteiger partial charge is 0.319 e. The molecular formula is C36H34ClFN6O2. The molecule has 0 amide bonds. The van der Waals surface area contributed by atoms with Crippen molar-refractivity contribution in [2.24, 2.45) is 0 Å². The van der Waals surface area contributed by atoms with Gasteiger partial charge in [0.05, 0.1) is 22.2 Å². The van der Waals surface area contributed by atoms with E-state index >= 15 is 4.39 Å². The third-order valence-corrected chi connectivity index (χ3v) is 11.1. The fraction of sp³-hybridized carbons (Fsp3) is 0.417. The Kier molecular flexibility index (Phi) is 6.31. The molecule has 2 aromatic carbocycles. The van der Waals surface area contributed by atoms with Crippen molar-refractivity contribution in [1.82, 2.24) is 25.2 Å². The molecule has 0 aliphatic carbocycles. The molecule has 5 atom stereocenters. The van der Waals surface area contributed by atoms with Crippen molar-refractivity contribution in [3.05, 3.63) is 58.9 Å². The normalized spacial score (nSPS) is 28.2. The number of rotatable bonds is 4. The number of aromatic nitrogens is 3. The number of nitrogens with zero attached hydrogens (tertiary/aromatic N) is 5. The summed E-state index contributed by atoms with van der Waals surface area (Å²) in [4.78, 5) is 19.4. The highest BCUT2D eigenvalue weighted by Gasteiger charge is 2.48. The van der Waals surface area contributed by atoms with Crippen LogP contribution in [0, 0.1) is 18.2 Å². The Labute approximate surface area is 271 Å². The van der Waals surface area contributed by atoms with Crippen molar-refractivity contribution in [1.29, 1.82) is 0 Å². The fourth-order valence-corrected chi connectivity index (χ4v) is 9.08. The quantitative estimate of drug-likeness (QED) is 0.220. The average Bonchev–Trinajstić information content (AvgIpc) is 3.69. The van der Waals surface area contributed by atoms with Crippen LogP contribution >= 0.6 is 11.6 Å². The summed E-state index contributed by atoms with van der Waals surface area (Å²) in [6.45, 7) is 9.37. The van der Waals surface area contributed by atoms with E-state index in [1.165, 1.54) is 5.57 Å². The standard InChI is InChI=1S/C36H34ClFN6O2/c1-4-23-25(37)11-9-21-7-5-8-24(27(21)23)30-29(38)31-28-33(42-35(41-31)45-18-36-13-6-14-43(36)16-19(2)15-36)44-17-22-10-12-26(39-22)32(44)20(3)46-34(28)40-30/h1,5,7-9,11,20,22,26,32,39H,2,6,10,12-18H2,3H3/t20-,22+,26-,32+,36?/m0/s1. The Morgan fingerprint density at radius 3 is 2.98 bits per heavy atom. The van der Waals surface area contributed by atoms with E-state index in [9.17, 15) is 0 Å². The number of ether oxygens (including phenoxy) is 2. The Morgan fingerprint density at radius 1 is 1.22 bits per heavy atom. The lowest BCUT2D eigenvalue weighted by Crippen LogP contribution is -2.62. The van der Waals surface area contributed by atoms with E-state index < -0.39 is 5.82 Å². The number of pyridine rings is 1. The number of terminal acetylenes is 1. The molecule has 5 aliphatic heterocycles. The maximum atomic E-state index is 17.1. The van der Waals surface area contributed by atoms with Gasteiger partial charge in [-0.25, -0.2) is 9.37 Å². The lowest BCUT2D eigenvalue weighted by Gasteiger charge is -2.42. The van der Waals surface area contributed by atoms with Crippen LogP contribution in [0.5, 0.6) is 11.9 Å². The molecule has 4 saturated heterocycles. The number of anilines is 1. The number of hydrogen-bond donors (Lipinski definition) is 1. The zero-order valence-electron chi connectivity index (χ0n) is 25.7. The molecule has 4 aromatic rings. The average molecular weight is 637 g/mol. The molecule has 0 spiro atoms. The first-order valence-electron chi connectivity index (χ1n) is 16.2. The van der Waals surface area contributed by atoms with Crippen LogP contribution in [0.2, 0.25) is 5.02 Å². The maximum absolute atomic E-state index is 17.1. The van der Waals surface area contributed by atoms with Crippen LogP contribution in [-0.2, 0) is 0 Å². The molecule has 4 fully saturated rings. The van der Waals surface area contributed by atoms with Gasteiger partial charge in [0.1, 0.15) is 35.1 Å². The molecule has 10 heteroatoms. The molecular weight excluding hydrogens is 603 g/mol. The monoisotopic (exact) mass is 636 g/mol. The zero-order valence-corrected chi connectivity index (χ0v) is 26.4. The van der Waals surface area contributed by atoms with Crippen molar-refractivity contribution in [3.63, 3.8) is 0 Å². The van der Waals surface area contributed by atoms with Gasteiger partial charge < -0.3 is 19.7 Å². The van der Waals surface area contributed by atoms with Crippen molar-refractivity contribution < 1.29 is 13.9 Å². The predicted octanol–water partition coefficient (Wildman–Crippen LogP) is 5.88. The van der Waals surface area contributed by atoms with Crippen LogP contribution in [0.25, 0.3) is 32.9 Å². The molecule has 234 valence electrons. The summed E-state index contributed by atoms with van der Waals surface area (Å²) in [6.07, 6.45) is 10.8. The fourth-order valence-electron chi connectivity index (χ4n) is 8.87. The Morgan fingerprint density at radius 2 is 2.11 bits per heavy atom. The SMILES string of the molecule is C#Cc1c(Cl)ccc2cccc(-c3nc4c5c(nc(OCC67CCCN6CC(=C)C7)nc5c3F)N3C[C@H]5CC[C@H](N5)[C@H]3[C@H](C)O4)c12. The van der Waals surface area contributed by atoms with E-state index in [2.05, 4.69) is 34.5 Å². The van der Waals surface area contributed by atoms with Crippen LogP contribution in [0.1, 0.15) is 44.6 Å². The van der Waals surface area contributed by atoms with E-state index in [0.717, 1.165) is 57.1 Å². The summed E-state index contributed by atoms with van der Waals surface area (Å²) in [6, 6.07) is 9.93. The van der Waals surface area contributed by atoms with Crippen LogP contribution in [0.15, 0.2) is 42.5 Å². The molecule has 2 bridgehead atoms. The molecule has 9 rings (SSSR count). The highest BCUT2D eigenvalue weighted by atomic mass is 35.5. The highest BCUT2D eigenvalue weighted by Crippen LogP contribution is 2.46. The summed E-state index contributed by atoms with van der Waals surface area (Å²) in [5.41, 5.74) is 2.32. The van der Waals surface area contributed by atoms with E-state index in [4.69, 9.17) is 42.4 Å². The van der Waals surface area contributed by atoms with Gasteiger partial charge in [0.25, 0.3) is 0 Å². The van der Waals surface area contributed by atoms with E-state index in [0.29, 0.717) is 51.3 Å². The van der Waals surface area contributed by atoms with Crippen molar-refractivity contribution in [3.8, 4) is 35.5 Å². The van der Waals surface area contributed by atoms with Crippen LogP contribution in [0.4, 0.5) is 10.2 Å². The van der Waals surface area contributed by atoms with Gasteiger partial charge in [-0.1, -0.05) is 53.9 Å². The minimum absolute atomic E-state index is 0.0168. The number of fused-ring (bicyclic) bond motifs is 7. The predicted molar refractivity (Wildman–Crippen MR) is 177 cm³/mol. The lowest BCUT2D eigenvalue weighted by molar-refractivity contribution is 0.108. The second-order valence-corrected chi connectivity index (χ2v) is 14.0. The van der Waals surface area contributed by atoms with Gasteiger partial charge in [-0.2, -0.15) is 9.97 Å². The Bertz CT molecular complexity index is 2010. The van der Waals surface area contributed by atoms with Gasteiger partial charge in [0.15, 0.2) is 5.82 Å². The molecule has 46 heavy (non-hydrogen) atoms. The zero-order chi connectivity index (χ0) is 31.3. The van der Waals surface area contributed by atoms with Gasteiger partial charge in [-0.15, -0.1) is 6.42 Å². The number of piperazine rings is 1. The van der Waals surface area contributed by atoms with Crippen LogP contribution < -0.4 is 19.7 Å². The summed E-state index contributed by atoms with van der Waals surface area (Å²) < 4.78 is 30.3. The third-order valence-electron chi connectivity index (χ3n) is 10.8. The molecule has 1 N–H and O–H groups in total. The molecule has 1 unspecified atom stereocenters. The molecule has 0 saturated carbocycles. The minimum atomic E-state index is -0.578. The van der Waals surface area contributed by atoms with Crippen LogP contribution in [0.3, 0.4) is 0 Å². The number of benzene rings is 2. The van der Waals surface area contributed by atoms with Crippen LogP contribution in [-0.4, -0.2) is 75.9 Å². The van der Waals surface area contributed by atoms with E-state index in [1.807, 2.05) is 24.3 Å². The van der Waals surface area contributed by atoms with Crippen molar-refractivity contribution >= 4 is 39.1 Å². The highest BCUT2D eigenvalue weighted by molar-refractivity contribution is 6.33. The second-order valence-electron chi connectivity index (χ2n) is 13.6. The first-order valence-corrected chi connectivity index (χ1v) is 16.5. The summed E-state index contributed by atoms with van der Waals surface area (Å²) >= 11 is 6.55. The first-order chi connectivity index (χ1) is 22.3. The molecule has 7 heterocycles. The number of hydrogen-bond acceptors (Lipinski definition) is 8. The van der Waals surface area contributed by atoms with Gasteiger partial charge in [0.2, 0.25) is 5.88 Å². The van der Waals surface area contributed by atoms with E-state index in [-0.39, 0.29) is 40.9 Å². The minimum Gasteiger partial charge on any atom is -0.472 e. The summed E-state index contributed by atoms with van der Waals surface area (Å²) in [5, 5.41) is 6.14. The number of nitrogens with one attached hydrogen (secondary N) is 1. The Balaban J connectivity index is 1.25. The summed E-state index contributed by atoms with van der Waals surface area (Å²) in [7, 11) is 0. The van der Waals surface area contributed by atoms with Gasteiger partial charge in [-0.05, 0) is 57.0 Å². The summed E-state index contributed by atoms with van der Waals surface area (Å²) in [5.74, 6) is 3.05. The maximum Gasteiger partial charge on any atom is 0.319 e. The first kappa shape index (κ1) is 28.3. The molecule has 8 nitrogen and oxygen atoms in total. The second kappa shape index (κ2) is 10.3. The van der Waals surface area contributed by atoms with Gasteiger partial charge in [-0.3, -0.25) is 4.90 Å². The molecule has 5 aliphatic rings. The van der Waals surface area contributed by atoms with Gasteiger partial charge >= 0.3 is 6.01 Å². The lowest BCUT2D eigenvalue weighted by atomic mass is 9.94. The Hall–Kier alpha value is -3.97. The molecule has 0 radical (unpaired) electrons. The topological polar surface area (TPSA) is 75.6 Å². The third kappa shape index (κ3) is 4.09. The van der Waals surface area contributed by atoms with Gasteiger partial charge in [0, 0.05) is 36.1 Å².